The quantitative estimate of drug-likeness (QED) is 0.577. The minimum absolute atomic E-state index is 0.154. The Hall–Kier alpha value is -1.78. The Morgan fingerprint density at radius 3 is 2.72 bits per heavy atom. The molecule has 1 saturated heterocycles. The van der Waals surface area contributed by atoms with E-state index in [4.69, 9.17) is 26.3 Å². The van der Waals surface area contributed by atoms with E-state index < -0.39 is 10.0 Å². The molecule has 1 aromatic carbocycles. The second kappa shape index (κ2) is 8.87. The van der Waals surface area contributed by atoms with Gasteiger partial charge in [0, 0.05) is 23.0 Å². The molecule has 170 valence electrons. The summed E-state index contributed by atoms with van der Waals surface area (Å²) in [4.78, 5) is 14.1. The first-order chi connectivity index (χ1) is 15.4. The van der Waals surface area contributed by atoms with Crippen LogP contribution in [0.25, 0.3) is 10.2 Å². The topological polar surface area (TPSA) is 84.4 Å². The Balaban J connectivity index is 1.57. The fourth-order valence-corrected chi connectivity index (χ4v) is 6.83. The molecule has 0 bridgehead atoms. The largest absolute Gasteiger partial charge is 0.379 e. The number of nitrogens with zero attached hydrogens (tertiary/aromatic N) is 3. The first-order valence-corrected chi connectivity index (χ1v) is 13.5. The van der Waals surface area contributed by atoms with Crippen molar-refractivity contribution in [3.8, 4) is 0 Å². The van der Waals surface area contributed by atoms with Crippen LogP contribution < -0.4 is 4.72 Å². The van der Waals surface area contributed by atoms with E-state index in [9.17, 15) is 8.42 Å². The van der Waals surface area contributed by atoms with Gasteiger partial charge in [-0.15, -0.1) is 11.3 Å². The maximum Gasteiger partial charge on any atom is 0.263 e. The third-order valence-electron chi connectivity index (χ3n) is 6.03. The lowest BCUT2D eigenvalue weighted by Crippen LogP contribution is -2.36. The van der Waals surface area contributed by atoms with E-state index in [-0.39, 0.29) is 4.90 Å². The van der Waals surface area contributed by atoms with Gasteiger partial charge in [0.25, 0.3) is 10.0 Å². The molecule has 10 heteroatoms. The molecule has 1 N–H and O–H groups in total. The zero-order valence-corrected chi connectivity index (χ0v) is 20.2. The van der Waals surface area contributed by atoms with E-state index >= 15 is 0 Å². The minimum Gasteiger partial charge on any atom is -0.379 e. The van der Waals surface area contributed by atoms with E-state index in [0.29, 0.717) is 42.3 Å². The van der Waals surface area contributed by atoms with Crippen LogP contribution in [-0.4, -0.2) is 49.6 Å². The molecule has 2 aromatic heterocycles. The number of hydrogen-bond acceptors (Lipinski definition) is 7. The van der Waals surface area contributed by atoms with E-state index in [1.54, 1.807) is 23.5 Å². The standard InChI is InChI=1S/C22H25ClN4O3S2/c1-14-2-7-17-18(12-14)31-22-20(17)21(24-19(25-22)13-27-8-10-30-11-9-27)26-32(28,29)16-5-3-15(23)4-6-16/h3-6,14H,2,7-13H2,1H3,(H,24,25,26)/t14-/m1/s1. The Labute approximate surface area is 196 Å². The zero-order chi connectivity index (χ0) is 22.3. The van der Waals surface area contributed by atoms with Crippen LogP contribution in [0.15, 0.2) is 29.2 Å². The van der Waals surface area contributed by atoms with Crippen LogP contribution in [0.1, 0.15) is 29.6 Å². The molecule has 0 spiro atoms. The van der Waals surface area contributed by atoms with Gasteiger partial charge in [0.05, 0.1) is 30.0 Å². The molecule has 3 heterocycles. The predicted octanol–water partition coefficient (Wildman–Crippen LogP) is 4.10. The normalized spacial score (nSPS) is 19.8. The fourth-order valence-electron chi connectivity index (χ4n) is 4.29. The molecular weight excluding hydrogens is 468 g/mol. The van der Waals surface area contributed by atoms with Gasteiger partial charge in [0.15, 0.2) is 5.82 Å². The number of halogens is 1. The van der Waals surface area contributed by atoms with Crippen molar-refractivity contribution in [3.63, 3.8) is 0 Å². The molecule has 1 aliphatic heterocycles. The number of morpholine rings is 1. The lowest BCUT2D eigenvalue weighted by molar-refractivity contribution is 0.0331. The average Bonchev–Trinajstić information content (AvgIpc) is 3.12. The number of aryl methyl sites for hydroxylation is 1. The molecule has 32 heavy (non-hydrogen) atoms. The SMILES string of the molecule is C[C@@H]1CCc2c(sc3nc(CN4CCOCC4)nc(NS(=O)(=O)c4ccc(Cl)cc4)c23)C1. The number of ether oxygens (including phenoxy) is 1. The highest BCUT2D eigenvalue weighted by atomic mass is 35.5. The summed E-state index contributed by atoms with van der Waals surface area (Å²) in [5, 5.41) is 1.34. The van der Waals surface area contributed by atoms with Crippen molar-refractivity contribution in [2.24, 2.45) is 5.92 Å². The molecule has 0 unspecified atom stereocenters. The molecule has 7 nitrogen and oxygen atoms in total. The summed E-state index contributed by atoms with van der Waals surface area (Å²) >= 11 is 7.61. The van der Waals surface area contributed by atoms with Crippen LogP contribution in [0.4, 0.5) is 5.82 Å². The molecule has 2 aliphatic rings. The maximum atomic E-state index is 13.2. The Morgan fingerprint density at radius 1 is 1.22 bits per heavy atom. The smallest absolute Gasteiger partial charge is 0.263 e. The van der Waals surface area contributed by atoms with Gasteiger partial charge in [0.1, 0.15) is 10.7 Å². The monoisotopic (exact) mass is 492 g/mol. The Morgan fingerprint density at radius 2 is 1.97 bits per heavy atom. The highest BCUT2D eigenvalue weighted by molar-refractivity contribution is 7.92. The molecule has 0 amide bonds. The number of thiophene rings is 1. The molecule has 5 rings (SSSR count). The minimum atomic E-state index is -3.81. The van der Waals surface area contributed by atoms with Gasteiger partial charge in [-0.2, -0.15) is 0 Å². The average molecular weight is 493 g/mol. The lowest BCUT2D eigenvalue weighted by Gasteiger charge is -2.25. The van der Waals surface area contributed by atoms with Crippen molar-refractivity contribution >= 4 is 49.0 Å². The second-order valence-corrected chi connectivity index (χ2v) is 11.7. The molecule has 0 radical (unpaired) electrons. The maximum absolute atomic E-state index is 13.2. The van der Waals surface area contributed by atoms with Gasteiger partial charge >= 0.3 is 0 Å². The van der Waals surface area contributed by atoms with Crippen LogP contribution in [-0.2, 0) is 34.1 Å². The fraction of sp³-hybridized carbons (Fsp3) is 0.455. The number of nitrogens with one attached hydrogen (secondary N) is 1. The third-order valence-corrected chi connectivity index (χ3v) is 8.78. The van der Waals surface area contributed by atoms with Gasteiger partial charge in [-0.3, -0.25) is 9.62 Å². The summed E-state index contributed by atoms with van der Waals surface area (Å²) in [5.41, 5.74) is 1.19. The number of rotatable bonds is 5. The number of sulfonamides is 1. The van der Waals surface area contributed by atoms with Crippen LogP contribution in [0.3, 0.4) is 0 Å². The summed E-state index contributed by atoms with van der Waals surface area (Å²) < 4.78 is 34.5. The first kappa shape index (κ1) is 22.0. The summed E-state index contributed by atoms with van der Waals surface area (Å²) in [6, 6.07) is 6.15. The van der Waals surface area contributed by atoms with E-state index in [2.05, 4.69) is 16.5 Å². The number of anilines is 1. The van der Waals surface area contributed by atoms with Gasteiger partial charge < -0.3 is 4.74 Å². The van der Waals surface area contributed by atoms with E-state index in [0.717, 1.165) is 42.6 Å². The van der Waals surface area contributed by atoms with Crippen molar-refractivity contribution in [1.29, 1.82) is 0 Å². The number of benzene rings is 1. The lowest BCUT2D eigenvalue weighted by atomic mass is 9.89. The number of aromatic nitrogens is 2. The second-order valence-electron chi connectivity index (χ2n) is 8.47. The van der Waals surface area contributed by atoms with Crippen molar-refractivity contribution in [2.45, 2.75) is 37.6 Å². The van der Waals surface area contributed by atoms with E-state index in [1.807, 2.05) is 0 Å². The zero-order valence-electron chi connectivity index (χ0n) is 17.8. The van der Waals surface area contributed by atoms with Crippen molar-refractivity contribution < 1.29 is 13.2 Å². The van der Waals surface area contributed by atoms with Gasteiger partial charge in [0.2, 0.25) is 0 Å². The molecular formula is C22H25ClN4O3S2. The highest BCUT2D eigenvalue weighted by Crippen LogP contribution is 2.40. The van der Waals surface area contributed by atoms with Crippen LogP contribution in [0.5, 0.6) is 0 Å². The summed E-state index contributed by atoms with van der Waals surface area (Å²) in [6.45, 7) is 5.81. The van der Waals surface area contributed by atoms with Crippen LogP contribution in [0.2, 0.25) is 5.02 Å². The van der Waals surface area contributed by atoms with Crippen molar-refractivity contribution in [1.82, 2.24) is 14.9 Å². The number of fused-ring (bicyclic) bond motifs is 3. The first-order valence-electron chi connectivity index (χ1n) is 10.8. The molecule has 1 fully saturated rings. The Bertz CT molecular complexity index is 1240. The van der Waals surface area contributed by atoms with Crippen molar-refractivity contribution in [3.05, 3.63) is 45.6 Å². The summed E-state index contributed by atoms with van der Waals surface area (Å²) in [5.74, 6) is 1.62. The molecule has 3 aromatic rings. The highest BCUT2D eigenvalue weighted by Gasteiger charge is 2.26. The molecule has 0 saturated carbocycles. The van der Waals surface area contributed by atoms with Crippen LogP contribution >= 0.6 is 22.9 Å². The molecule has 1 aliphatic carbocycles. The van der Waals surface area contributed by atoms with Crippen molar-refractivity contribution in [2.75, 3.05) is 31.0 Å². The summed E-state index contributed by atoms with van der Waals surface area (Å²) in [6.07, 6.45) is 2.99. The third kappa shape index (κ3) is 4.49. The predicted molar refractivity (Wildman–Crippen MR) is 127 cm³/mol. The van der Waals surface area contributed by atoms with Gasteiger partial charge in [-0.25, -0.2) is 18.4 Å². The van der Waals surface area contributed by atoms with E-state index in [1.165, 1.54) is 22.6 Å². The number of hydrogen-bond donors (Lipinski definition) is 1. The Kier molecular flexibility index (Phi) is 6.11. The molecule has 1 atom stereocenters. The summed E-state index contributed by atoms with van der Waals surface area (Å²) in [7, 11) is -3.81. The van der Waals surface area contributed by atoms with Crippen LogP contribution in [0, 0.1) is 5.92 Å². The van der Waals surface area contributed by atoms with Gasteiger partial charge in [-0.05, 0) is 55.0 Å². The van der Waals surface area contributed by atoms with Gasteiger partial charge in [-0.1, -0.05) is 18.5 Å².